The van der Waals surface area contributed by atoms with Gasteiger partial charge in [0.15, 0.2) is 5.96 Å². The van der Waals surface area contributed by atoms with Gasteiger partial charge in [-0.1, -0.05) is 18.2 Å². The number of ether oxygens (including phenoxy) is 1. The zero-order valence-electron chi connectivity index (χ0n) is 16.3. The lowest BCUT2D eigenvalue weighted by Gasteiger charge is -2.37. The van der Waals surface area contributed by atoms with Gasteiger partial charge in [0.25, 0.3) is 0 Å². The smallest absolute Gasteiger partial charge is 0.194 e. The molecule has 1 aliphatic rings. The van der Waals surface area contributed by atoms with E-state index in [1.807, 2.05) is 30.5 Å². The number of rotatable bonds is 6. The van der Waals surface area contributed by atoms with Gasteiger partial charge in [-0.3, -0.25) is 4.99 Å². The lowest BCUT2D eigenvalue weighted by molar-refractivity contribution is 0.371. The summed E-state index contributed by atoms with van der Waals surface area (Å²) in [6, 6.07) is 14.3. The molecule has 6 nitrogen and oxygen atoms in total. The topological polar surface area (TPSA) is 53.0 Å². The van der Waals surface area contributed by atoms with Crippen LogP contribution in [0.4, 0.5) is 5.82 Å². The number of aliphatic imine (C=N–C) groups is 1. The van der Waals surface area contributed by atoms with E-state index < -0.39 is 0 Å². The molecule has 27 heavy (non-hydrogen) atoms. The van der Waals surface area contributed by atoms with E-state index in [1.165, 1.54) is 5.56 Å². The predicted molar refractivity (Wildman–Crippen MR) is 111 cm³/mol. The minimum atomic E-state index is 0.773. The zero-order chi connectivity index (χ0) is 18.9. The first-order valence-electron chi connectivity index (χ1n) is 9.62. The molecule has 2 heterocycles. The fourth-order valence-corrected chi connectivity index (χ4v) is 3.20. The van der Waals surface area contributed by atoms with E-state index in [9.17, 15) is 0 Å². The van der Waals surface area contributed by atoms with Crippen molar-refractivity contribution in [2.45, 2.75) is 13.3 Å². The van der Waals surface area contributed by atoms with Crippen LogP contribution in [0.2, 0.25) is 0 Å². The van der Waals surface area contributed by atoms with Gasteiger partial charge in [-0.25, -0.2) is 4.98 Å². The van der Waals surface area contributed by atoms with Crippen molar-refractivity contribution < 1.29 is 4.74 Å². The molecule has 1 saturated heterocycles. The molecule has 0 amide bonds. The molecule has 0 spiro atoms. The third-order valence-corrected chi connectivity index (χ3v) is 4.71. The summed E-state index contributed by atoms with van der Waals surface area (Å²) in [6.45, 7) is 7.58. The van der Waals surface area contributed by atoms with Gasteiger partial charge in [-0.05, 0) is 43.2 Å². The molecule has 1 fully saturated rings. The van der Waals surface area contributed by atoms with Gasteiger partial charge in [0.1, 0.15) is 11.6 Å². The van der Waals surface area contributed by atoms with E-state index >= 15 is 0 Å². The van der Waals surface area contributed by atoms with Crippen molar-refractivity contribution in [3.8, 4) is 5.75 Å². The van der Waals surface area contributed by atoms with E-state index in [0.29, 0.717) is 0 Å². The molecule has 0 aliphatic carbocycles. The number of hydrogen-bond donors (Lipinski definition) is 1. The maximum atomic E-state index is 5.21. The molecule has 6 heteroatoms. The molecule has 2 aromatic rings. The van der Waals surface area contributed by atoms with Crippen LogP contribution in [-0.2, 0) is 6.42 Å². The Morgan fingerprint density at radius 1 is 1.11 bits per heavy atom. The first-order valence-corrected chi connectivity index (χ1v) is 9.62. The number of nitrogens with one attached hydrogen (secondary N) is 1. The van der Waals surface area contributed by atoms with E-state index in [-0.39, 0.29) is 0 Å². The molecule has 0 bridgehead atoms. The number of guanidine groups is 1. The van der Waals surface area contributed by atoms with Crippen molar-refractivity contribution >= 4 is 11.8 Å². The summed E-state index contributed by atoms with van der Waals surface area (Å²) in [6.07, 6.45) is 2.78. The highest BCUT2D eigenvalue weighted by Crippen LogP contribution is 2.13. The molecule has 3 rings (SSSR count). The number of nitrogens with zero attached hydrogens (tertiary/aromatic N) is 4. The molecule has 1 aromatic heterocycles. The van der Waals surface area contributed by atoms with Crippen molar-refractivity contribution in [1.29, 1.82) is 0 Å². The summed E-state index contributed by atoms with van der Waals surface area (Å²) in [7, 11) is 1.69. The van der Waals surface area contributed by atoms with Crippen LogP contribution < -0.4 is 15.0 Å². The van der Waals surface area contributed by atoms with Crippen molar-refractivity contribution in [3.63, 3.8) is 0 Å². The van der Waals surface area contributed by atoms with Gasteiger partial charge < -0.3 is 19.9 Å². The van der Waals surface area contributed by atoms with Gasteiger partial charge in [-0.2, -0.15) is 0 Å². The molecule has 1 aliphatic heterocycles. The summed E-state index contributed by atoms with van der Waals surface area (Å²) >= 11 is 0. The summed E-state index contributed by atoms with van der Waals surface area (Å²) in [5, 5.41) is 3.43. The Hall–Kier alpha value is -2.76. The molecular formula is C21H29N5O. The second-order valence-electron chi connectivity index (χ2n) is 6.50. The Balaban J connectivity index is 1.54. The van der Waals surface area contributed by atoms with E-state index in [4.69, 9.17) is 9.73 Å². The quantitative estimate of drug-likeness (QED) is 0.628. The van der Waals surface area contributed by atoms with Crippen molar-refractivity contribution in [2.24, 2.45) is 4.99 Å². The van der Waals surface area contributed by atoms with Crippen LogP contribution in [0, 0.1) is 0 Å². The minimum Gasteiger partial charge on any atom is -0.497 e. The van der Waals surface area contributed by atoms with Crippen molar-refractivity contribution in [1.82, 2.24) is 15.2 Å². The predicted octanol–water partition coefficient (Wildman–Crippen LogP) is 2.42. The standard InChI is InChI=1S/C21H29N5O/c1-3-22-21(24-13-11-18-7-9-19(27-2)10-8-18)26-16-14-25(15-17-26)20-6-4-5-12-23-20/h4-10,12H,3,11,13-17H2,1-2H3,(H,22,24). The van der Waals surface area contributed by atoms with E-state index in [2.05, 4.69) is 45.2 Å². The lowest BCUT2D eigenvalue weighted by Crippen LogP contribution is -2.52. The molecule has 1 N–H and O–H groups in total. The number of aromatic nitrogens is 1. The molecule has 0 radical (unpaired) electrons. The largest absolute Gasteiger partial charge is 0.497 e. The van der Waals surface area contributed by atoms with Crippen LogP contribution in [-0.4, -0.2) is 62.2 Å². The number of pyridine rings is 1. The average Bonchev–Trinajstić information content (AvgIpc) is 2.74. The summed E-state index contributed by atoms with van der Waals surface area (Å²) in [5.41, 5.74) is 1.27. The maximum absolute atomic E-state index is 5.21. The van der Waals surface area contributed by atoms with Crippen molar-refractivity contribution in [2.75, 3.05) is 51.3 Å². The summed E-state index contributed by atoms with van der Waals surface area (Å²) in [4.78, 5) is 14.0. The molecular weight excluding hydrogens is 338 g/mol. The Bertz CT molecular complexity index is 709. The minimum absolute atomic E-state index is 0.773. The molecule has 1 aromatic carbocycles. The van der Waals surface area contributed by atoms with Gasteiger partial charge in [0.2, 0.25) is 0 Å². The number of piperazine rings is 1. The second kappa shape index (κ2) is 9.80. The normalized spacial score (nSPS) is 15.0. The highest BCUT2D eigenvalue weighted by atomic mass is 16.5. The molecule has 144 valence electrons. The van der Waals surface area contributed by atoms with Gasteiger partial charge in [0, 0.05) is 45.5 Å². The Labute approximate surface area is 161 Å². The zero-order valence-corrected chi connectivity index (χ0v) is 16.3. The third kappa shape index (κ3) is 5.36. The van der Waals surface area contributed by atoms with Crippen LogP contribution >= 0.6 is 0 Å². The number of benzene rings is 1. The van der Waals surface area contributed by atoms with Crippen LogP contribution in [0.15, 0.2) is 53.7 Å². The fourth-order valence-electron chi connectivity index (χ4n) is 3.20. The monoisotopic (exact) mass is 367 g/mol. The van der Waals surface area contributed by atoms with Gasteiger partial charge >= 0.3 is 0 Å². The number of hydrogen-bond acceptors (Lipinski definition) is 4. The highest BCUT2D eigenvalue weighted by Gasteiger charge is 2.20. The first-order chi connectivity index (χ1) is 13.3. The maximum Gasteiger partial charge on any atom is 0.194 e. The Kier molecular flexibility index (Phi) is 6.90. The molecule has 0 unspecified atom stereocenters. The molecule has 0 saturated carbocycles. The highest BCUT2D eigenvalue weighted by molar-refractivity contribution is 5.80. The lowest BCUT2D eigenvalue weighted by atomic mass is 10.1. The van der Waals surface area contributed by atoms with E-state index in [1.54, 1.807) is 7.11 Å². The fraction of sp³-hybridized carbons (Fsp3) is 0.429. The number of methoxy groups -OCH3 is 1. The third-order valence-electron chi connectivity index (χ3n) is 4.71. The molecule has 0 atom stereocenters. The van der Waals surface area contributed by atoms with Crippen LogP contribution in [0.25, 0.3) is 0 Å². The van der Waals surface area contributed by atoms with Gasteiger partial charge in [0.05, 0.1) is 7.11 Å². The van der Waals surface area contributed by atoms with Crippen LogP contribution in [0.5, 0.6) is 5.75 Å². The van der Waals surface area contributed by atoms with Gasteiger partial charge in [-0.15, -0.1) is 0 Å². The van der Waals surface area contributed by atoms with Crippen LogP contribution in [0.3, 0.4) is 0 Å². The average molecular weight is 367 g/mol. The Morgan fingerprint density at radius 2 is 1.89 bits per heavy atom. The Morgan fingerprint density at radius 3 is 2.52 bits per heavy atom. The summed E-state index contributed by atoms with van der Waals surface area (Å²) in [5.74, 6) is 2.95. The van der Waals surface area contributed by atoms with Crippen molar-refractivity contribution in [3.05, 3.63) is 54.2 Å². The van der Waals surface area contributed by atoms with E-state index in [0.717, 1.165) is 63.2 Å². The second-order valence-corrected chi connectivity index (χ2v) is 6.50. The first kappa shape index (κ1) is 19.0. The van der Waals surface area contributed by atoms with Crippen LogP contribution in [0.1, 0.15) is 12.5 Å². The number of anilines is 1. The SMILES string of the molecule is CCNC(=NCCc1ccc(OC)cc1)N1CCN(c2ccccn2)CC1. The summed E-state index contributed by atoms with van der Waals surface area (Å²) < 4.78 is 5.21.